The molecule has 12 heterocycles. The molecule has 18 heteroatoms. The van der Waals surface area contributed by atoms with E-state index in [1.807, 2.05) is 63.7 Å². The number of aromatic nitrogens is 8. The van der Waals surface area contributed by atoms with Gasteiger partial charge in [-0.05, 0) is 44.9 Å². The number of fused-ring (bicyclic) bond motifs is 10. The zero-order valence-electron chi connectivity index (χ0n) is 32.8. The lowest BCUT2D eigenvalue weighted by Crippen LogP contribution is -2.63. The molecule has 7 aromatic rings. The molecule has 0 unspecified atom stereocenters. The molecule has 0 spiro atoms. The van der Waals surface area contributed by atoms with Gasteiger partial charge < -0.3 is 28.7 Å². The third-order valence-corrected chi connectivity index (χ3v) is 17.0. The van der Waals surface area contributed by atoms with Crippen LogP contribution in [0, 0.1) is 0 Å². The van der Waals surface area contributed by atoms with Crippen LogP contribution in [0.3, 0.4) is 0 Å². The first-order valence-corrected chi connectivity index (χ1v) is 22.8. The Hall–Kier alpha value is -5.55. The summed E-state index contributed by atoms with van der Waals surface area (Å²) < 4.78 is 4.12. The van der Waals surface area contributed by atoms with Crippen molar-refractivity contribution in [2.24, 2.45) is 14.1 Å². The van der Waals surface area contributed by atoms with Gasteiger partial charge in [0, 0.05) is 121 Å². The third-order valence-electron chi connectivity index (χ3n) is 12.1. The second-order valence-corrected chi connectivity index (χ2v) is 19.9. The van der Waals surface area contributed by atoms with Crippen molar-refractivity contribution in [2.75, 3.05) is 37.2 Å². The van der Waals surface area contributed by atoms with Crippen molar-refractivity contribution >= 4 is 105 Å². The van der Waals surface area contributed by atoms with Gasteiger partial charge in [-0.3, -0.25) is 0 Å². The number of hydrogen-bond donors (Lipinski definition) is 0. The highest BCUT2D eigenvalue weighted by Crippen LogP contribution is 2.50. The molecular weight excluding hydrogens is 822 g/mol. The highest BCUT2D eigenvalue weighted by Gasteiger charge is 2.49. The summed E-state index contributed by atoms with van der Waals surface area (Å²) in [5.41, 5.74) is 11.5. The van der Waals surface area contributed by atoms with Gasteiger partial charge in [-0.2, -0.15) is 0 Å². The van der Waals surface area contributed by atoms with Crippen LogP contribution in [0.25, 0.3) is 22.8 Å². The minimum Gasteiger partial charge on any atom is -0.361 e. The lowest BCUT2D eigenvalue weighted by molar-refractivity contribution is 0.495. The predicted molar refractivity (Wildman–Crippen MR) is 242 cm³/mol. The molecule has 60 heavy (non-hydrogen) atoms. The van der Waals surface area contributed by atoms with E-state index in [1.165, 1.54) is 52.4 Å². The summed E-state index contributed by atoms with van der Waals surface area (Å²) in [7, 11) is 8.27. The van der Waals surface area contributed by atoms with E-state index in [0.717, 1.165) is 67.6 Å². The number of imidazole rings is 2. The summed E-state index contributed by atoms with van der Waals surface area (Å²) in [4.78, 5) is 44.4. The fraction of sp³-hybridized carbons (Fsp3) is 0.143. The SMILES string of the molecule is CN1C=CN(c2cnc3c(c2)B2c4cc(-c5nccn5C)cnc4Sc4c5c6c(c(c42)S3)Sc2ncc(N3C=CN(C)C3)cc2B6c2cc(-c3nccn3C)cnc2S5)C1. The maximum Gasteiger partial charge on any atom is 0.251 e. The molecule has 0 bridgehead atoms. The monoisotopic (exact) mass is 854 g/mol. The number of hydrogen-bond acceptors (Lipinski definition) is 14. The Kier molecular flexibility index (Phi) is 7.62. The molecule has 6 aliphatic rings. The van der Waals surface area contributed by atoms with E-state index in [9.17, 15) is 0 Å². The number of nitrogens with zero attached hydrogens (tertiary/aromatic N) is 12. The van der Waals surface area contributed by atoms with Gasteiger partial charge in [-0.25, -0.2) is 29.9 Å². The van der Waals surface area contributed by atoms with Crippen molar-refractivity contribution < 1.29 is 0 Å². The van der Waals surface area contributed by atoms with E-state index in [1.54, 1.807) is 47.0 Å². The standard InChI is InChI=1S/C42H32B2N12S4/c1-51-9-11-55(21-51)25-15-29-41(49-19-25)59-35-31-33(57-39-27(43(29)31)13-23(17-47-39)37-45-5-7-53(37)3)34-32-36(35)60-42-30(16-26(20-50-42)56-12-10-52(2)22-56)44(32)28-14-24(18-48-40(28)58-34)38-46-6-8-54(38)4/h5-20H,21-22H2,1-4H3. The van der Waals surface area contributed by atoms with Crippen molar-refractivity contribution in [3.63, 3.8) is 0 Å². The molecule has 0 saturated heterocycles. The van der Waals surface area contributed by atoms with Gasteiger partial charge in [0.2, 0.25) is 0 Å². The van der Waals surface area contributed by atoms with Gasteiger partial charge in [0.1, 0.15) is 11.6 Å². The Morgan fingerprint density at radius 3 is 1.20 bits per heavy atom. The first-order chi connectivity index (χ1) is 29.3. The van der Waals surface area contributed by atoms with E-state index in [0.29, 0.717) is 0 Å². The van der Waals surface area contributed by atoms with Crippen LogP contribution in [0.2, 0.25) is 0 Å². The maximum atomic E-state index is 5.27. The highest BCUT2D eigenvalue weighted by molar-refractivity contribution is 8.05. The van der Waals surface area contributed by atoms with Gasteiger partial charge in [0.05, 0.1) is 57.2 Å². The first kappa shape index (κ1) is 35.2. The van der Waals surface area contributed by atoms with Crippen LogP contribution >= 0.6 is 47.0 Å². The largest absolute Gasteiger partial charge is 0.361 e. The summed E-state index contributed by atoms with van der Waals surface area (Å²) in [5, 5.41) is 4.06. The summed E-state index contributed by atoms with van der Waals surface area (Å²) in [6, 6.07) is 9.35. The Morgan fingerprint density at radius 1 is 0.467 bits per heavy atom. The quantitative estimate of drug-likeness (QED) is 0.242. The summed E-state index contributed by atoms with van der Waals surface area (Å²) in [6.07, 6.45) is 24.2. The normalized spacial score (nSPS) is 16.3. The molecule has 6 aliphatic heterocycles. The molecule has 0 amide bonds. The topological polar surface area (TPSA) is 100 Å². The molecule has 0 fully saturated rings. The number of benzene rings is 1. The number of rotatable bonds is 4. The first-order valence-electron chi connectivity index (χ1n) is 19.6. The Labute approximate surface area is 363 Å². The van der Waals surface area contributed by atoms with Crippen LogP contribution in [0.15, 0.2) is 138 Å². The third kappa shape index (κ3) is 5.13. The summed E-state index contributed by atoms with van der Waals surface area (Å²) in [5.74, 6) is 1.79. The van der Waals surface area contributed by atoms with Crippen LogP contribution in [-0.4, -0.2) is 89.7 Å². The van der Waals surface area contributed by atoms with Gasteiger partial charge >= 0.3 is 0 Å². The predicted octanol–water partition coefficient (Wildman–Crippen LogP) is 3.32. The average Bonchev–Trinajstić information content (AvgIpc) is 4.10. The molecule has 13 rings (SSSR count). The van der Waals surface area contributed by atoms with Crippen LogP contribution in [0.4, 0.5) is 11.4 Å². The van der Waals surface area contributed by atoms with Crippen LogP contribution in [-0.2, 0) is 14.1 Å². The zero-order valence-corrected chi connectivity index (χ0v) is 36.1. The van der Waals surface area contributed by atoms with Crippen molar-refractivity contribution in [3.05, 3.63) is 98.6 Å². The Balaban J connectivity index is 1.06. The van der Waals surface area contributed by atoms with E-state index in [2.05, 4.69) is 91.9 Å². The Bertz CT molecular complexity index is 2870. The molecule has 0 N–H and O–H groups in total. The van der Waals surface area contributed by atoms with Crippen LogP contribution < -0.4 is 42.6 Å². The van der Waals surface area contributed by atoms with E-state index < -0.39 is 0 Å². The second-order valence-electron chi connectivity index (χ2n) is 15.9. The van der Waals surface area contributed by atoms with Crippen molar-refractivity contribution in [3.8, 4) is 22.8 Å². The molecule has 6 aromatic heterocycles. The van der Waals surface area contributed by atoms with Crippen LogP contribution in [0.5, 0.6) is 0 Å². The fourth-order valence-corrected chi connectivity index (χ4v) is 14.4. The minimum atomic E-state index is -0.0935. The fourth-order valence-electron chi connectivity index (χ4n) is 9.23. The smallest absolute Gasteiger partial charge is 0.251 e. The maximum absolute atomic E-state index is 5.27. The van der Waals surface area contributed by atoms with E-state index >= 15 is 0 Å². The number of aryl methyl sites for hydroxylation is 2. The summed E-state index contributed by atoms with van der Waals surface area (Å²) in [6.45, 7) is 1.36. The van der Waals surface area contributed by atoms with Crippen molar-refractivity contribution in [2.45, 2.75) is 39.7 Å². The zero-order chi connectivity index (χ0) is 40.0. The van der Waals surface area contributed by atoms with Crippen molar-refractivity contribution in [1.29, 1.82) is 0 Å². The highest BCUT2D eigenvalue weighted by atomic mass is 32.2. The molecule has 12 nitrogen and oxygen atoms in total. The molecule has 0 radical (unpaired) electrons. The molecule has 0 atom stereocenters. The summed E-state index contributed by atoms with van der Waals surface area (Å²) >= 11 is 7.21. The minimum absolute atomic E-state index is 0.0935. The van der Waals surface area contributed by atoms with E-state index in [-0.39, 0.29) is 13.4 Å². The van der Waals surface area contributed by atoms with Crippen LogP contribution in [0.1, 0.15) is 0 Å². The lowest BCUT2D eigenvalue weighted by Gasteiger charge is -2.40. The second kappa shape index (κ2) is 13.0. The van der Waals surface area contributed by atoms with Gasteiger partial charge in [-0.15, -0.1) is 0 Å². The van der Waals surface area contributed by atoms with Crippen molar-refractivity contribution in [1.82, 2.24) is 48.8 Å². The Morgan fingerprint density at radius 2 is 0.850 bits per heavy atom. The van der Waals surface area contributed by atoms with Gasteiger partial charge in [0.15, 0.2) is 0 Å². The van der Waals surface area contributed by atoms with E-state index in [4.69, 9.17) is 29.9 Å². The molecule has 0 aliphatic carbocycles. The number of pyridine rings is 4. The lowest BCUT2D eigenvalue weighted by atomic mass is 9.34. The van der Waals surface area contributed by atoms with Gasteiger partial charge in [-0.1, -0.05) is 59.2 Å². The molecule has 1 aromatic carbocycles. The van der Waals surface area contributed by atoms with Gasteiger partial charge in [0.25, 0.3) is 13.4 Å². The number of anilines is 2. The molecular formula is C42H32B2N12S4. The molecule has 290 valence electrons. The molecule has 0 saturated carbocycles. The average molecular weight is 855 g/mol.